The Labute approximate surface area is 130 Å². The third-order valence-corrected chi connectivity index (χ3v) is 4.17. The minimum absolute atomic E-state index is 0.381. The van der Waals surface area contributed by atoms with Crippen molar-refractivity contribution in [3.63, 3.8) is 0 Å². The second-order valence-corrected chi connectivity index (χ2v) is 5.46. The van der Waals surface area contributed by atoms with Crippen molar-refractivity contribution in [1.29, 1.82) is 0 Å². The van der Waals surface area contributed by atoms with Gasteiger partial charge in [0.25, 0.3) is 0 Å². The molecule has 0 aromatic carbocycles. The summed E-state index contributed by atoms with van der Waals surface area (Å²) in [7, 11) is 1.60. The van der Waals surface area contributed by atoms with Crippen molar-refractivity contribution in [3.8, 4) is 5.75 Å². The van der Waals surface area contributed by atoms with Gasteiger partial charge in [-0.05, 0) is 12.8 Å². The molecule has 7 nitrogen and oxygen atoms in total. The van der Waals surface area contributed by atoms with E-state index >= 15 is 0 Å². The van der Waals surface area contributed by atoms with Gasteiger partial charge in [-0.2, -0.15) is 0 Å². The first kappa shape index (κ1) is 14.6. The molecule has 0 bridgehead atoms. The van der Waals surface area contributed by atoms with Crippen LogP contribution in [0.15, 0.2) is 18.7 Å². The largest absolute Gasteiger partial charge is 0.490 e. The molecule has 22 heavy (non-hydrogen) atoms. The van der Waals surface area contributed by atoms with Crippen molar-refractivity contribution in [1.82, 2.24) is 19.5 Å². The summed E-state index contributed by atoms with van der Waals surface area (Å²) in [6.07, 6.45) is 8.61. The van der Waals surface area contributed by atoms with Crippen LogP contribution in [0.2, 0.25) is 0 Å². The SMILES string of the molecule is CCc1nccn1C1CCCN(c2ncnc(N)c2OC)C1. The Hall–Kier alpha value is -2.31. The second-order valence-electron chi connectivity index (χ2n) is 5.46. The number of aromatic nitrogens is 4. The van der Waals surface area contributed by atoms with Crippen LogP contribution in [0.25, 0.3) is 0 Å². The first-order valence-corrected chi connectivity index (χ1v) is 7.65. The number of anilines is 2. The number of nitrogen functional groups attached to an aromatic ring is 1. The van der Waals surface area contributed by atoms with Crippen LogP contribution in [0.5, 0.6) is 5.75 Å². The summed E-state index contributed by atoms with van der Waals surface area (Å²) >= 11 is 0. The van der Waals surface area contributed by atoms with E-state index < -0.39 is 0 Å². The predicted molar refractivity (Wildman–Crippen MR) is 85.1 cm³/mol. The summed E-state index contributed by atoms with van der Waals surface area (Å²) in [5, 5.41) is 0. The summed E-state index contributed by atoms with van der Waals surface area (Å²) in [4.78, 5) is 15.0. The standard InChI is InChI=1S/C15H22N6O/c1-3-12-17-6-8-21(12)11-5-4-7-20(9-11)15-13(22-2)14(16)18-10-19-15/h6,8,10-11H,3-5,7,9H2,1-2H3,(H2,16,18,19). The zero-order valence-electron chi connectivity index (χ0n) is 13.1. The minimum Gasteiger partial charge on any atom is -0.490 e. The minimum atomic E-state index is 0.381. The summed E-state index contributed by atoms with van der Waals surface area (Å²) in [5.41, 5.74) is 5.90. The predicted octanol–water partition coefficient (Wildman–Crippen LogP) is 1.67. The first-order valence-electron chi connectivity index (χ1n) is 7.65. The number of hydrogen-bond donors (Lipinski definition) is 1. The van der Waals surface area contributed by atoms with Crippen molar-refractivity contribution in [3.05, 3.63) is 24.5 Å². The highest BCUT2D eigenvalue weighted by Gasteiger charge is 2.26. The van der Waals surface area contributed by atoms with Gasteiger partial charge in [0.1, 0.15) is 12.2 Å². The molecule has 1 unspecified atom stereocenters. The third kappa shape index (κ3) is 2.58. The molecule has 1 atom stereocenters. The van der Waals surface area contributed by atoms with Crippen molar-refractivity contribution in [2.75, 3.05) is 30.8 Å². The van der Waals surface area contributed by atoms with E-state index in [0.29, 0.717) is 17.6 Å². The maximum absolute atomic E-state index is 5.90. The smallest absolute Gasteiger partial charge is 0.204 e. The molecule has 0 aliphatic carbocycles. The van der Waals surface area contributed by atoms with Gasteiger partial charge < -0.3 is 19.9 Å². The highest BCUT2D eigenvalue weighted by atomic mass is 16.5. The lowest BCUT2D eigenvalue weighted by Crippen LogP contribution is -2.37. The fraction of sp³-hybridized carbons (Fsp3) is 0.533. The van der Waals surface area contributed by atoms with Crippen molar-refractivity contribution in [2.24, 2.45) is 0 Å². The van der Waals surface area contributed by atoms with E-state index in [0.717, 1.165) is 44.0 Å². The molecule has 3 heterocycles. The molecule has 118 valence electrons. The number of piperidine rings is 1. The molecular formula is C15H22N6O. The number of aryl methyl sites for hydroxylation is 1. The molecule has 1 aliphatic rings. The molecule has 3 rings (SSSR count). The van der Waals surface area contributed by atoms with Crippen LogP contribution in [0.4, 0.5) is 11.6 Å². The zero-order valence-corrected chi connectivity index (χ0v) is 13.1. The average Bonchev–Trinajstić information content (AvgIpc) is 3.03. The van der Waals surface area contributed by atoms with Crippen LogP contribution in [0, 0.1) is 0 Å². The van der Waals surface area contributed by atoms with Gasteiger partial charge >= 0.3 is 0 Å². The van der Waals surface area contributed by atoms with Gasteiger partial charge in [0, 0.05) is 31.9 Å². The molecule has 2 N–H and O–H groups in total. The number of rotatable bonds is 4. The maximum atomic E-state index is 5.90. The lowest BCUT2D eigenvalue weighted by atomic mass is 10.1. The topological polar surface area (TPSA) is 82.1 Å². The lowest BCUT2D eigenvalue weighted by Gasteiger charge is -2.35. The van der Waals surface area contributed by atoms with Crippen molar-refractivity contribution < 1.29 is 4.74 Å². The molecule has 2 aromatic rings. The van der Waals surface area contributed by atoms with Gasteiger partial charge in [0.05, 0.1) is 13.2 Å². The summed E-state index contributed by atoms with van der Waals surface area (Å²) < 4.78 is 7.67. The lowest BCUT2D eigenvalue weighted by molar-refractivity contribution is 0.382. The Balaban J connectivity index is 1.86. The number of nitrogens with two attached hydrogens (primary N) is 1. The van der Waals surface area contributed by atoms with Crippen LogP contribution in [-0.4, -0.2) is 39.7 Å². The van der Waals surface area contributed by atoms with Crippen LogP contribution < -0.4 is 15.4 Å². The van der Waals surface area contributed by atoms with Crippen LogP contribution in [-0.2, 0) is 6.42 Å². The summed E-state index contributed by atoms with van der Waals surface area (Å²) in [6, 6.07) is 0.395. The van der Waals surface area contributed by atoms with E-state index in [1.54, 1.807) is 7.11 Å². The number of nitrogens with zero attached hydrogens (tertiary/aromatic N) is 5. The Kier molecular flexibility index (Phi) is 4.13. The van der Waals surface area contributed by atoms with Crippen molar-refractivity contribution in [2.45, 2.75) is 32.2 Å². The summed E-state index contributed by atoms with van der Waals surface area (Å²) in [6.45, 7) is 3.95. The monoisotopic (exact) mass is 302 g/mol. The average molecular weight is 302 g/mol. The van der Waals surface area contributed by atoms with Gasteiger partial charge in [-0.1, -0.05) is 6.92 Å². The molecule has 0 amide bonds. The zero-order chi connectivity index (χ0) is 15.5. The highest BCUT2D eigenvalue weighted by molar-refractivity contribution is 5.62. The molecular weight excluding hydrogens is 280 g/mol. The fourth-order valence-corrected chi connectivity index (χ4v) is 3.12. The molecule has 0 spiro atoms. The fourth-order valence-electron chi connectivity index (χ4n) is 3.12. The normalized spacial score (nSPS) is 18.5. The Bertz CT molecular complexity index is 641. The number of hydrogen-bond acceptors (Lipinski definition) is 6. The molecule has 1 saturated heterocycles. The van der Waals surface area contributed by atoms with E-state index in [2.05, 4.69) is 37.5 Å². The quantitative estimate of drug-likeness (QED) is 0.925. The van der Waals surface area contributed by atoms with Crippen molar-refractivity contribution >= 4 is 11.6 Å². The van der Waals surface area contributed by atoms with E-state index in [9.17, 15) is 0 Å². The van der Waals surface area contributed by atoms with E-state index in [-0.39, 0.29) is 0 Å². The number of imidazole rings is 1. The van der Waals surface area contributed by atoms with Crippen LogP contribution in [0.1, 0.15) is 31.6 Å². The Morgan fingerprint density at radius 3 is 3.00 bits per heavy atom. The Morgan fingerprint density at radius 1 is 1.36 bits per heavy atom. The number of ether oxygens (including phenoxy) is 1. The molecule has 0 radical (unpaired) electrons. The van der Waals surface area contributed by atoms with E-state index in [4.69, 9.17) is 10.5 Å². The molecule has 7 heteroatoms. The number of methoxy groups -OCH3 is 1. The molecule has 1 aliphatic heterocycles. The molecule has 0 saturated carbocycles. The summed E-state index contributed by atoms with van der Waals surface area (Å²) in [5.74, 6) is 2.84. The van der Waals surface area contributed by atoms with Gasteiger partial charge in [-0.3, -0.25) is 0 Å². The maximum Gasteiger partial charge on any atom is 0.204 e. The van der Waals surface area contributed by atoms with E-state index in [1.165, 1.54) is 6.33 Å². The first-order chi connectivity index (χ1) is 10.7. The van der Waals surface area contributed by atoms with Gasteiger partial charge in [-0.25, -0.2) is 15.0 Å². The second kappa shape index (κ2) is 6.21. The highest BCUT2D eigenvalue weighted by Crippen LogP contribution is 2.33. The molecule has 1 fully saturated rings. The molecule has 2 aromatic heterocycles. The van der Waals surface area contributed by atoms with Crippen LogP contribution >= 0.6 is 0 Å². The third-order valence-electron chi connectivity index (χ3n) is 4.17. The Morgan fingerprint density at radius 2 is 2.23 bits per heavy atom. The van der Waals surface area contributed by atoms with E-state index in [1.807, 2.05) is 6.20 Å². The van der Waals surface area contributed by atoms with Gasteiger partial charge in [0.15, 0.2) is 11.6 Å². The van der Waals surface area contributed by atoms with Crippen LogP contribution in [0.3, 0.4) is 0 Å². The van der Waals surface area contributed by atoms with Gasteiger partial charge in [0.2, 0.25) is 5.75 Å². The van der Waals surface area contributed by atoms with Gasteiger partial charge in [-0.15, -0.1) is 0 Å².